The van der Waals surface area contributed by atoms with Gasteiger partial charge in [0.15, 0.2) is 6.10 Å². The Hall–Kier alpha value is -1.73. The Morgan fingerprint density at radius 1 is 1.10 bits per heavy atom. The minimum Gasteiger partial charge on any atom is -0.449 e. The number of likely N-dealkylation sites (tertiary alicyclic amines) is 1. The first-order chi connectivity index (χ1) is 13.7. The minimum absolute atomic E-state index is 0.299. The third kappa shape index (κ3) is 4.56. The summed E-state index contributed by atoms with van der Waals surface area (Å²) in [6.45, 7) is 15.5. The van der Waals surface area contributed by atoms with Gasteiger partial charge in [0, 0.05) is 12.4 Å². The molecule has 1 saturated heterocycles. The molecule has 6 nitrogen and oxygen atoms in total. The van der Waals surface area contributed by atoms with Gasteiger partial charge in [-0.2, -0.15) is 0 Å². The van der Waals surface area contributed by atoms with Crippen molar-refractivity contribution < 1.29 is 18.8 Å². The fraction of sp³-hybridized carbons (Fsp3) is 0.682. The zero-order valence-electron chi connectivity index (χ0n) is 18.8. The molecule has 1 aliphatic heterocycles. The zero-order valence-corrected chi connectivity index (χ0v) is 19.8. The van der Waals surface area contributed by atoms with Crippen molar-refractivity contribution in [2.24, 2.45) is 0 Å². The fourth-order valence-electron chi connectivity index (χ4n) is 4.67. The highest BCUT2D eigenvalue weighted by molar-refractivity contribution is 6.77. The average Bonchev–Trinajstić information content (AvgIpc) is 2.66. The van der Waals surface area contributed by atoms with Crippen LogP contribution in [0.1, 0.15) is 72.9 Å². The van der Waals surface area contributed by atoms with E-state index in [1.54, 1.807) is 12.4 Å². The van der Waals surface area contributed by atoms with E-state index in [2.05, 4.69) is 46.5 Å². The molecule has 0 saturated carbocycles. The first kappa shape index (κ1) is 23.5. The van der Waals surface area contributed by atoms with E-state index in [9.17, 15) is 9.59 Å². The van der Waals surface area contributed by atoms with Gasteiger partial charge >= 0.3 is 6.09 Å². The molecule has 1 aromatic rings. The van der Waals surface area contributed by atoms with Crippen LogP contribution >= 0.6 is 0 Å². The molecular formula is C22H36N2O4Si. The van der Waals surface area contributed by atoms with Gasteiger partial charge in [0.2, 0.25) is 8.32 Å². The van der Waals surface area contributed by atoms with Crippen LogP contribution in [0.15, 0.2) is 24.5 Å². The Balaban J connectivity index is 2.35. The maximum absolute atomic E-state index is 13.1. The largest absolute Gasteiger partial charge is 0.449 e. The molecule has 7 heteroatoms. The lowest BCUT2D eigenvalue weighted by molar-refractivity contribution is -0.161. The average molecular weight is 421 g/mol. The second-order valence-corrected chi connectivity index (χ2v) is 14.2. The summed E-state index contributed by atoms with van der Waals surface area (Å²) in [5.41, 5.74) is 1.88. The summed E-state index contributed by atoms with van der Waals surface area (Å²) in [5.74, 6) is -0.299. The maximum Gasteiger partial charge on any atom is 0.417 e. The molecule has 2 rings (SSSR count). The second kappa shape index (κ2) is 9.85. The Morgan fingerprint density at radius 2 is 1.66 bits per heavy atom. The SMILES string of the molecule is CCCCOC(=O)N1C(=O)C(O[Si](C(C)C)(C(C)C)C(C)C)C1c1ccncc1. The molecule has 0 aromatic carbocycles. The molecule has 0 bridgehead atoms. The van der Waals surface area contributed by atoms with Crippen molar-refractivity contribution in [2.45, 2.75) is 90.1 Å². The molecule has 1 fully saturated rings. The molecule has 2 amide bonds. The third-order valence-corrected chi connectivity index (χ3v) is 12.1. The van der Waals surface area contributed by atoms with Crippen molar-refractivity contribution in [1.82, 2.24) is 9.88 Å². The van der Waals surface area contributed by atoms with Crippen LogP contribution in [-0.4, -0.2) is 42.9 Å². The number of carbonyl (C=O) groups excluding carboxylic acids is 2. The van der Waals surface area contributed by atoms with Crippen molar-refractivity contribution >= 4 is 20.3 Å². The monoisotopic (exact) mass is 420 g/mol. The van der Waals surface area contributed by atoms with E-state index in [0.29, 0.717) is 23.2 Å². The van der Waals surface area contributed by atoms with Gasteiger partial charge in [-0.15, -0.1) is 0 Å². The van der Waals surface area contributed by atoms with E-state index in [1.165, 1.54) is 4.90 Å². The number of rotatable bonds is 9. The summed E-state index contributed by atoms with van der Waals surface area (Å²) < 4.78 is 12.1. The molecule has 0 radical (unpaired) electrons. The molecule has 2 unspecified atom stereocenters. The summed E-state index contributed by atoms with van der Waals surface area (Å²) in [4.78, 5) is 31.0. The highest BCUT2D eigenvalue weighted by Crippen LogP contribution is 2.47. The first-order valence-corrected chi connectivity index (χ1v) is 12.9. The van der Waals surface area contributed by atoms with Crippen molar-refractivity contribution in [1.29, 1.82) is 0 Å². The molecule has 162 valence electrons. The van der Waals surface area contributed by atoms with Crippen molar-refractivity contribution in [3.63, 3.8) is 0 Å². The van der Waals surface area contributed by atoms with E-state index in [1.807, 2.05) is 19.1 Å². The summed E-state index contributed by atoms with van der Waals surface area (Å²) in [6.07, 6.45) is 3.80. The Kier molecular flexibility index (Phi) is 7.99. The lowest BCUT2D eigenvalue weighted by Crippen LogP contribution is -2.66. The lowest BCUT2D eigenvalue weighted by atomic mass is 9.92. The number of ether oxygens (including phenoxy) is 1. The van der Waals surface area contributed by atoms with Gasteiger partial charge in [0.05, 0.1) is 6.61 Å². The Labute approximate surface area is 176 Å². The lowest BCUT2D eigenvalue weighted by Gasteiger charge is -2.51. The third-order valence-electron chi connectivity index (χ3n) is 6.05. The van der Waals surface area contributed by atoms with Gasteiger partial charge in [-0.3, -0.25) is 9.78 Å². The number of imide groups is 1. The molecule has 2 atom stereocenters. The van der Waals surface area contributed by atoms with E-state index in [-0.39, 0.29) is 5.91 Å². The predicted octanol–water partition coefficient (Wildman–Crippen LogP) is 5.46. The number of amides is 2. The minimum atomic E-state index is -2.29. The molecule has 1 aliphatic rings. The highest BCUT2D eigenvalue weighted by Gasteiger charge is 2.58. The summed E-state index contributed by atoms with van der Waals surface area (Å²) in [5, 5.41) is 0. The number of unbranched alkanes of at least 4 members (excludes halogenated alkanes) is 1. The fourth-order valence-corrected chi connectivity index (χ4v) is 10.2. The predicted molar refractivity (Wildman–Crippen MR) is 116 cm³/mol. The molecule has 2 heterocycles. The molecule has 0 N–H and O–H groups in total. The topological polar surface area (TPSA) is 68.7 Å². The standard InChI is InChI=1S/C22H36N2O4Si/c1-8-9-14-27-22(26)24-19(18-10-12-23-13-11-18)20(21(24)25)28-29(15(2)3,16(4)5)17(6)7/h10-13,15-17,19-20H,8-9,14H2,1-7H3. The quantitative estimate of drug-likeness (QED) is 0.301. The van der Waals surface area contributed by atoms with E-state index < -0.39 is 26.6 Å². The van der Waals surface area contributed by atoms with Crippen LogP contribution in [-0.2, 0) is 14.0 Å². The number of nitrogens with zero attached hydrogens (tertiary/aromatic N) is 2. The van der Waals surface area contributed by atoms with Gasteiger partial charge < -0.3 is 9.16 Å². The smallest absolute Gasteiger partial charge is 0.417 e. The van der Waals surface area contributed by atoms with E-state index >= 15 is 0 Å². The summed E-state index contributed by atoms with van der Waals surface area (Å²) in [6, 6.07) is 3.20. The Bertz CT molecular complexity index is 672. The van der Waals surface area contributed by atoms with Crippen LogP contribution in [0.2, 0.25) is 16.6 Å². The molecular weight excluding hydrogens is 384 g/mol. The number of hydrogen-bond acceptors (Lipinski definition) is 5. The van der Waals surface area contributed by atoms with Gasteiger partial charge in [0.25, 0.3) is 5.91 Å². The van der Waals surface area contributed by atoms with Crippen molar-refractivity contribution in [2.75, 3.05) is 6.61 Å². The second-order valence-electron chi connectivity index (χ2n) is 8.76. The van der Waals surface area contributed by atoms with Gasteiger partial charge in [-0.1, -0.05) is 54.9 Å². The van der Waals surface area contributed by atoms with Crippen LogP contribution in [0.4, 0.5) is 4.79 Å². The van der Waals surface area contributed by atoms with Crippen molar-refractivity contribution in [3.8, 4) is 0 Å². The van der Waals surface area contributed by atoms with Crippen LogP contribution in [0.5, 0.6) is 0 Å². The van der Waals surface area contributed by atoms with E-state index in [0.717, 1.165) is 18.4 Å². The van der Waals surface area contributed by atoms with Crippen LogP contribution in [0, 0.1) is 0 Å². The first-order valence-electron chi connectivity index (χ1n) is 10.8. The number of hydrogen-bond donors (Lipinski definition) is 0. The molecule has 1 aromatic heterocycles. The highest BCUT2D eigenvalue weighted by atomic mass is 28.4. The molecule has 0 aliphatic carbocycles. The van der Waals surface area contributed by atoms with Crippen molar-refractivity contribution in [3.05, 3.63) is 30.1 Å². The number of aromatic nitrogens is 1. The van der Waals surface area contributed by atoms with E-state index in [4.69, 9.17) is 9.16 Å². The van der Waals surface area contributed by atoms with Crippen LogP contribution in [0.3, 0.4) is 0 Å². The molecule has 29 heavy (non-hydrogen) atoms. The van der Waals surface area contributed by atoms with Crippen LogP contribution < -0.4 is 0 Å². The summed E-state index contributed by atoms with van der Waals surface area (Å²) in [7, 11) is -2.29. The van der Waals surface area contributed by atoms with Gasteiger partial charge in [-0.25, -0.2) is 9.69 Å². The number of pyridine rings is 1. The summed E-state index contributed by atoms with van der Waals surface area (Å²) >= 11 is 0. The van der Waals surface area contributed by atoms with Gasteiger partial charge in [-0.05, 0) is 40.7 Å². The molecule has 0 spiro atoms. The normalized spacial score (nSPS) is 19.8. The zero-order chi connectivity index (χ0) is 21.8. The van der Waals surface area contributed by atoms with Crippen LogP contribution in [0.25, 0.3) is 0 Å². The number of β-lactam (4-membered cyclic amide) rings is 1. The number of carbonyl (C=O) groups is 2. The Morgan fingerprint density at radius 3 is 2.14 bits per heavy atom. The van der Waals surface area contributed by atoms with Gasteiger partial charge in [0.1, 0.15) is 6.04 Å². The maximum atomic E-state index is 13.1.